The maximum atomic E-state index is 12.6. The van der Waals surface area contributed by atoms with Gasteiger partial charge in [-0.05, 0) is 42.3 Å². The molecular weight excluding hydrogens is 351 g/mol. The van der Waals surface area contributed by atoms with Crippen LogP contribution in [0.1, 0.15) is 28.4 Å². The van der Waals surface area contributed by atoms with Crippen LogP contribution in [-0.2, 0) is 16.0 Å². The summed E-state index contributed by atoms with van der Waals surface area (Å²) >= 11 is 12.2. The number of aryl methyl sites for hydroxylation is 1. The third-order valence-corrected chi connectivity index (χ3v) is 3.87. The van der Waals surface area contributed by atoms with Gasteiger partial charge in [-0.1, -0.05) is 35.3 Å². The van der Waals surface area contributed by atoms with Gasteiger partial charge in [0.1, 0.15) is 5.75 Å². The first-order chi connectivity index (χ1) is 11.4. The Bertz CT molecular complexity index is 772. The van der Waals surface area contributed by atoms with Gasteiger partial charge in [-0.2, -0.15) is 0 Å². The highest BCUT2D eigenvalue weighted by Crippen LogP contribution is 2.26. The smallest absolute Gasteiger partial charge is 0.305 e. The highest BCUT2D eigenvalue weighted by Gasteiger charge is 2.16. The summed E-state index contributed by atoms with van der Waals surface area (Å²) in [6.45, 7) is 2.93. The van der Waals surface area contributed by atoms with Crippen molar-refractivity contribution in [3.8, 4) is 5.75 Å². The Morgan fingerprint density at radius 2 is 1.83 bits per heavy atom. The van der Waals surface area contributed by atoms with Crippen LogP contribution in [0.15, 0.2) is 36.4 Å². The lowest BCUT2D eigenvalue weighted by atomic mass is 10.0. The number of benzene rings is 2. The number of carbonyl (C=O) groups excluding carboxylic acids is 2. The summed E-state index contributed by atoms with van der Waals surface area (Å²) in [4.78, 5) is 23.4. The van der Waals surface area contributed by atoms with Crippen LogP contribution in [0.4, 0.5) is 0 Å². The molecule has 126 valence electrons. The Hall–Kier alpha value is -2.04. The summed E-state index contributed by atoms with van der Waals surface area (Å²) in [5, 5.41) is 0.945. The van der Waals surface area contributed by atoms with Gasteiger partial charge in [0.25, 0.3) is 0 Å². The second-order valence-corrected chi connectivity index (χ2v) is 6.08. The fraction of sp³-hybridized carbons (Fsp3) is 0.222. The molecular formula is C18H16Cl2O4. The minimum atomic E-state index is -0.469. The fourth-order valence-electron chi connectivity index (χ4n) is 2.09. The van der Waals surface area contributed by atoms with Gasteiger partial charge in [0.2, 0.25) is 6.79 Å². The topological polar surface area (TPSA) is 52.6 Å². The molecule has 0 radical (unpaired) electrons. The van der Waals surface area contributed by atoms with Crippen LogP contribution in [0.2, 0.25) is 10.0 Å². The molecule has 0 aromatic heterocycles. The Morgan fingerprint density at radius 1 is 1.08 bits per heavy atom. The zero-order valence-corrected chi connectivity index (χ0v) is 14.8. The highest BCUT2D eigenvalue weighted by molar-refractivity contribution is 6.32. The molecule has 2 aromatic rings. The summed E-state index contributed by atoms with van der Waals surface area (Å²) in [5.74, 6) is -0.363. The van der Waals surface area contributed by atoms with E-state index in [0.29, 0.717) is 21.4 Å². The predicted molar refractivity (Wildman–Crippen MR) is 92.9 cm³/mol. The van der Waals surface area contributed by atoms with Crippen LogP contribution >= 0.6 is 23.2 Å². The van der Waals surface area contributed by atoms with Crippen LogP contribution in [0, 0.1) is 6.92 Å². The third-order valence-electron chi connectivity index (χ3n) is 3.28. The quantitative estimate of drug-likeness (QED) is 0.425. The van der Waals surface area contributed by atoms with Crippen molar-refractivity contribution in [3.63, 3.8) is 0 Å². The summed E-state index contributed by atoms with van der Waals surface area (Å²) in [5.41, 5.74) is 2.05. The maximum absolute atomic E-state index is 12.6. The van der Waals surface area contributed by atoms with Crippen molar-refractivity contribution < 1.29 is 19.1 Å². The fourth-order valence-corrected chi connectivity index (χ4v) is 2.56. The Morgan fingerprint density at radius 3 is 2.50 bits per heavy atom. The largest absolute Gasteiger partial charge is 0.457 e. The van der Waals surface area contributed by atoms with Crippen LogP contribution in [0.25, 0.3) is 0 Å². The van der Waals surface area contributed by atoms with Gasteiger partial charge < -0.3 is 9.47 Å². The van der Waals surface area contributed by atoms with Gasteiger partial charge >= 0.3 is 5.97 Å². The Labute approximate surface area is 150 Å². The predicted octanol–water partition coefficient (Wildman–Crippen LogP) is 4.63. The van der Waals surface area contributed by atoms with Gasteiger partial charge in [0.05, 0.1) is 5.56 Å². The molecule has 0 aliphatic rings. The molecule has 24 heavy (non-hydrogen) atoms. The van der Waals surface area contributed by atoms with E-state index in [2.05, 4.69) is 0 Å². The molecule has 2 aromatic carbocycles. The van der Waals surface area contributed by atoms with Crippen molar-refractivity contribution in [1.29, 1.82) is 0 Å². The van der Waals surface area contributed by atoms with E-state index in [9.17, 15) is 9.59 Å². The summed E-state index contributed by atoms with van der Waals surface area (Å²) in [6, 6.07) is 10.2. The summed E-state index contributed by atoms with van der Waals surface area (Å²) < 4.78 is 10.1. The number of esters is 1. The van der Waals surface area contributed by atoms with E-state index in [1.54, 1.807) is 18.2 Å². The first-order valence-electron chi connectivity index (χ1n) is 7.20. The van der Waals surface area contributed by atoms with Gasteiger partial charge in [-0.15, -0.1) is 0 Å². The van der Waals surface area contributed by atoms with E-state index >= 15 is 0 Å². The van der Waals surface area contributed by atoms with Gasteiger partial charge in [0, 0.05) is 23.4 Å². The molecule has 2 rings (SSSR count). The molecule has 0 spiro atoms. The molecule has 4 nitrogen and oxygen atoms in total. The second kappa shape index (κ2) is 8.18. The van der Waals surface area contributed by atoms with E-state index in [1.165, 1.54) is 13.0 Å². The Balaban J connectivity index is 2.20. The summed E-state index contributed by atoms with van der Waals surface area (Å²) in [7, 11) is 0. The molecule has 0 saturated heterocycles. The number of hydrogen-bond acceptors (Lipinski definition) is 4. The second-order valence-electron chi connectivity index (χ2n) is 5.23. The first-order valence-corrected chi connectivity index (χ1v) is 7.96. The van der Waals surface area contributed by atoms with Crippen LogP contribution in [-0.4, -0.2) is 18.5 Å². The number of carbonyl (C=O) groups is 2. The molecule has 0 N–H and O–H groups in total. The molecule has 0 bridgehead atoms. The third kappa shape index (κ3) is 4.98. The molecule has 6 heteroatoms. The molecule has 0 atom stereocenters. The van der Waals surface area contributed by atoms with Gasteiger partial charge in [-0.25, -0.2) is 0 Å². The lowest BCUT2D eigenvalue weighted by molar-refractivity contribution is -0.147. The van der Waals surface area contributed by atoms with Crippen molar-refractivity contribution in [3.05, 3.63) is 63.1 Å². The standard InChI is InChI=1S/C18H16Cl2O4/c1-11-3-4-13(16(20)7-11)8-17(22)15-9-14(19)5-6-18(15)24-10-23-12(2)21/h3-7,9H,8,10H2,1-2H3. The van der Waals surface area contributed by atoms with E-state index in [1.807, 2.05) is 19.1 Å². The van der Waals surface area contributed by atoms with Crippen molar-refractivity contribution in [2.45, 2.75) is 20.3 Å². The van der Waals surface area contributed by atoms with Crippen LogP contribution < -0.4 is 4.74 Å². The summed E-state index contributed by atoms with van der Waals surface area (Å²) in [6.07, 6.45) is 0.114. The molecule has 0 amide bonds. The zero-order valence-electron chi connectivity index (χ0n) is 13.3. The number of hydrogen-bond donors (Lipinski definition) is 0. The van der Waals surface area contributed by atoms with E-state index in [0.717, 1.165) is 11.1 Å². The maximum Gasteiger partial charge on any atom is 0.305 e. The lowest BCUT2D eigenvalue weighted by Gasteiger charge is -2.12. The van der Waals surface area contributed by atoms with Gasteiger partial charge in [-0.3, -0.25) is 9.59 Å². The molecule has 0 aliphatic heterocycles. The van der Waals surface area contributed by atoms with Crippen LogP contribution in [0.5, 0.6) is 5.75 Å². The van der Waals surface area contributed by atoms with Crippen molar-refractivity contribution in [2.24, 2.45) is 0 Å². The van der Waals surface area contributed by atoms with Crippen molar-refractivity contribution in [1.82, 2.24) is 0 Å². The SMILES string of the molecule is CC(=O)OCOc1ccc(Cl)cc1C(=O)Cc1ccc(C)cc1Cl. The Kier molecular flexibility index (Phi) is 6.23. The first kappa shape index (κ1) is 18.3. The van der Waals surface area contributed by atoms with Crippen LogP contribution in [0.3, 0.4) is 0 Å². The minimum absolute atomic E-state index is 0.114. The van der Waals surface area contributed by atoms with E-state index in [-0.39, 0.29) is 19.0 Å². The average Bonchev–Trinajstić information content (AvgIpc) is 2.51. The van der Waals surface area contributed by atoms with Crippen molar-refractivity contribution in [2.75, 3.05) is 6.79 Å². The molecule has 0 heterocycles. The molecule has 0 aliphatic carbocycles. The average molecular weight is 367 g/mol. The zero-order chi connectivity index (χ0) is 17.7. The number of ketones is 1. The van der Waals surface area contributed by atoms with E-state index in [4.69, 9.17) is 32.7 Å². The van der Waals surface area contributed by atoms with E-state index < -0.39 is 5.97 Å². The molecule has 0 fully saturated rings. The number of Topliss-reactive ketones (excluding diaryl/α,β-unsaturated/α-hetero) is 1. The number of ether oxygens (including phenoxy) is 2. The molecule has 0 unspecified atom stereocenters. The number of rotatable bonds is 6. The normalized spacial score (nSPS) is 10.3. The highest BCUT2D eigenvalue weighted by atomic mass is 35.5. The molecule has 0 saturated carbocycles. The van der Waals surface area contributed by atoms with Crippen molar-refractivity contribution >= 4 is 35.0 Å². The van der Waals surface area contributed by atoms with Gasteiger partial charge in [0.15, 0.2) is 5.78 Å². The number of halogens is 2. The minimum Gasteiger partial charge on any atom is -0.457 e. The monoisotopic (exact) mass is 366 g/mol. The lowest BCUT2D eigenvalue weighted by Crippen LogP contribution is -2.11.